The number of hydrogen-bond donors (Lipinski definition) is 2. The SMILES string of the molecule is CCc1ccc(C2CCC(N3CCN(c4ccc(C(=O)NC5COC5)nc4)CC3)C2)[nH]c1=O. The number of carbonyl (C=O) groups excluding carboxylic acids is 1. The molecule has 3 fully saturated rings. The molecule has 1 amide bonds. The third-order valence-electron chi connectivity index (χ3n) is 7.39. The van der Waals surface area contributed by atoms with Gasteiger partial charge in [-0.25, -0.2) is 4.98 Å². The molecule has 0 radical (unpaired) electrons. The lowest BCUT2D eigenvalue weighted by Gasteiger charge is -2.39. The number of ether oxygens (including phenoxy) is 1. The molecular formula is C25H33N5O3. The number of carbonyl (C=O) groups is 1. The van der Waals surface area contributed by atoms with Crippen LogP contribution in [-0.2, 0) is 11.2 Å². The minimum Gasteiger partial charge on any atom is -0.377 e. The summed E-state index contributed by atoms with van der Waals surface area (Å²) in [5.74, 6) is 0.308. The van der Waals surface area contributed by atoms with Crippen LogP contribution >= 0.6 is 0 Å². The van der Waals surface area contributed by atoms with E-state index >= 15 is 0 Å². The highest BCUT2D eigenvalue weighted by atomic mass is 16.5. The first-order valence-corrected chi connectivity index (χ1v) is 12.2. The van der Waals surface area contributed by atoms with E-state index in [1.165, 1.54) is 6.42 Å². The predicted molar refractivity (Wildman–Crippen MR) is 127 cm³/mol. The maximum Gasteiger partial charge on any atom is 0.270 e. The van der Waals surface area contributed by atoms with Crippen LogP contribution in [-0.4, -0.2) is 72.3 Å². The Hall–Kier alpha value is -2.71. The number of nitrogens with one attached hydrogen (secondary N) is 2. The van der Waals surface area contributed by atoms with Crippen molar-refractivity contribution >= 4 is 11.6 Å². The lowest BCUT2D eigenvalue weighted by molar-refractivity contribution is -0.00354. The Morgan fingerprint density at radius 1 is 1.15 bits per heavy atom. The molecule has 2 unspecified atom stereocenters. The summed E-state index contributed by atoms with van der Waals surface area (Å²) in [6.07, 6.45) is 6.00. The number of H-pyrrole nitrogens is 1. The first kappa shape index (κ1) is 22.1. The zero-order valence-corrected chi connectivity index (χ0v) is 19.3. The van der Waals surface area contributed by atoms with E-state index in [-0.39, 0.29) is 17.5 Å². The molecule has 2 N–H and O–H groups in total. The van der Waals surface area contributed by atoms with E-state index < -0.39 is 0 Å². The van der Waals surface area contributed by atoms with Crippen molar-refractivity contribution in [3.63, 3.8) is 0 Å². The van der Waals surface area contributed by atoms with Crippen LogP contribution in [0.25, 0.3) is 0 Å². The zero-order chi connectivity index (χ0) is 22.8. The average Bonchev–Trinajstić information content (AvgIpc) is 3.32. The molecule has 8 heteroatoms. The molecule has 5 rings (SSSR count). The van der Waals surface area contributed by atoms with Gasteiger partial charge in [0.05, 0.1) is 31.1 Å². The topological polar surface area (TPSA) is 90.6 Å². The summed E-state index contributed by atoms with van der Waals surface area (Å²) in [4.78, 5) is 36.9. The summed E-state index contributed by atoms with van der Waals surface area (Å²) in [6, 6.07) is 8.59. The maximum atomic E-state index is 12.2. The molecule has 1 aliphatic carbocycles. The predicted octanol–water partition coefficient (Wildman–Crippen LogP) is 1.92. The first-order valence-electron chi connectivity index (χ1n) is 12.2. The highest BCUT2D eigenvalue weighted by molar-refractivity contribution is 5.92. The van der Waals surface area contributed by atoms with Crippen molar-refractivity contribution in [3.8, 4) is 0 Å². The second-order valence-electron chi connectivity index (χ2n) is 9.42. The number of rotatable bonds is 6. The van der Waals surface area contributed by atoms with Gasteiger partial charge in [0.1, 0.15) is 5.69 Å². The number of aryl methyl sites for hydroxylation is 1. The van der Waals surface area contributed by atoms with Gasteiger partial charge in [-0.2, -0.15) is 0 Å². The van der Waals surface area contributed by atoms with Gasteiger partial charge < -0.3 is 19.9 Å². The van der Waals surface area contributed by atoms with Crippen LogP contribution in [0.15, 0.2) is 35.3 Å². The molecule has 0 spiro atoms. The van der Waals surface area contributed by atoms with Gasteiger partial charge in [0, 0.05) is 49.4 Å². The van der Waals surface area contributed by atoms with Crippen molar-refractivity contribution < 1.29 is 9.53 Å². The van der Waals surface area contributed by atoms with Gasteiger partial charge in [0.2, 0.25) is 0 Å². The molecule has 2 saturated heterocycles. The monoisotopic (exact) mass is 451 g/mol. The molecular weight excluding hydrogens is 418 g/mol. The van der Waals surface area contributed by atoms with Gasteiger partial charge in [-0.15, -0.1) is 0 Å². The number of anilines is 1. The van der Waals surface area contributed by atoms with Crippen LogP contribution in [0.4, 0.5) is 5.69 Å². The summed E-state index contributed by atoms with van der Waals surface area (Å²) < 4.78 is 5.10. The van der Waals surface area contributed by atoms with Crippen LogP contribution < -0.4 is 15.8 Å². The highest BCUT2D eigenvalue weighted by Crippen LogP contribution is 2.36. The van der Waals surface area contributed by atoms with E-state index in [4.69, 9.17) is 4.74 Å². The highest BCUT2D eigenvalue weighted by Gasteiger charge is 2.32. The second-order valence-corrected chi connectivity index (χ2v) is 9.42. The number of nitrogens with zero attached hydrogens (tertiary/aromatic N) is 3. The molecule has 2 aromatic heterocycles. The van der Waals surface area contributed by atoms with E-state index in [1.807, 2.05) is 31.3 Å². The number of pyridine rings is 2. The van der Waals surface area contributed by atoms with E-state index in [9.17, 15) is 9.59 Å². The molecule has 176 valence electrons. The molecule has 2 aromatic rings. The summed E-state index contributed by atoms with van der Waals surface area (Å²) in [5.41, 5.74) is 3.54. The summed E-state index contributed by atoms with van der Waals surface area (Å²) in [5, 5.41) is 2.93. The standard InChI is InChI=1S/C25H33N5O3/c1-2-17-4-7-22(28-24(17)31)18-3-5-20(13-18)29-9-11-30(12-10-29)21-6-8-23(26-14-21)25(32)27-19-15-33-16-19/h4,6-8,14,18-20H,2-3,5,9-13,15-16H2,1H3,(H,27,32)(H,28,31). The Bertz CT molecular complexity index is 1030. The van der Waals surface area contributed by atoms with Crippen LogP contribution in [0, 0.1) is 0 Å². The van der Waals surface area contributed by atoms with Gasteiger partial charge in [0.25, 0.3) is 11.5 Å². The third kappa shape index (κ3) is 4.82. The summed E-state index contributed by atoms with van der Waals surface area (Å²) >= 11 is 0. The molecule has 2 aliphatic heterocycles. The van der Waals surface area contributed by atoms with Crippen molar-refractivity contribution in [3.05, 3.63) is 57.8 Å². The Kier molecular flexibility index (Phi) is 6.46. The zero-order valence-electron chi connectivity index (χ0n) is 19.3. The van der Waals surface area contributed by atoms with Crippen LogP contribution in [0.1, 0.15) is 53.8 Å². The lowest BCUT2D eigenvalue weighted by atomic mass is 10.0. The number of aromatic nitrogens is 2. The smallest absolute Gasteiger partial charge is 0.270 e. The van der Waals surface area contributed by atoms with Crippen molar-refractivity contribution in [2.24, 2.45) is 0 Å². The van der Waals surface area contributed by atoms with Gasteiger partial charge in [0.15, 0.2) is 0 Å². The Balaban J connectivity index is 1.12. The van der Waals surface area contributed by atoms with Crippen molar-refractivity contribution in [2.75, 3.05) is 44.3 Å². The molecule has 4 heterocycles. The number of piperazine rings is 1. The molecule has 1 saturated carbocycles. The molecule has 2 atom stereocenters. The fourth-order valence-corrected chi connectivity index (χ4v) is 5.24. The Morgan fingerprint density at radius 3 is 2.61 bits per heavy atom. The fourth-order valence-electron chi connectivity index (χ4n) is 5.24. The summed E-state index contributed by atoms with van der Waals surface area (Å²) in [6.45, 7) is 7.13. The first-order chi connectivity index (χ1) is 16.1. The largest absolute Gasteiger partial charge is 0.377 e. The summed E-state index contributed by atoms with van der Waals surface area (Å²) in [7, 11) is 0. The van der Waals surface area contributed by atoms with Gasteiger partial charge in [-0.1, -0.05) is 13.0 Å². The Morgan fingerprint density at radius 2 is 1.97 bits per heavy atom. The van der Waals surface area contributed by atoms with Crippen LogP contribution in [0.3, 0.4) is 0 Å². The Labute approximate surface area is 194 Å². The number of hydrogen-bond acceptors (Lipinski definition) is 6. The van der Waals surface area contributed by atoms with Crippen molar-refractivity contribution in [1.82, 2.24) is 20.2 Å². The van der Waals surface area contributed by atoms with Crippen LogP contribution in [0.5, 0.6) is 0 Å². The average molecular weight is 452 g/mol. The lowest BCUT2D eigenvalue weighted by Crippen LogP contribution is -2.50. The minimum atomic E-state index is -0.138. The number of amides is 1. The molecule has 33 heavy (non-hydrogen) atoms. The van der Waals surface area contributed by atoms with E-state index in [0.717, 1.165) is 62.4 Å². The van der Waals surface area contributed by atoms with Crippen LogP contribution in [0.2, 0.25) is 0 Å². The van der Waals surface area contributed by atoms with Gasteiger partial charge >= 0.3 is 0 Å². The number of aromatic amines is 1. The van der Waals surface area contributed by atoms with Crippen molar-refractivity contribution in [1.29, 1.82) is 0 Å². The van der Waals surface area contributed by atoms with E-state index in [1.54, 1.807) is 0 Å². The molecule has 8 nitrogen and oxygen atoms in total. The fraction of sp³-hybridized carbons (Fsp3) is 0.560. The van der Waals surface area contributed by atoms with Gasteiger partial charge in [-0.3, -0.25) is 14.5 Å². The molecule has 0 aromatic carbocycles. The molecule has 0 bridgehead atoms. The maximum absolute atomic E-state index is 12.2. The van der Waals surface area contributed by atoms with Crippen molar-refractivity contribution in [2.45, 2.75) is 50.6 Å². The molecule has 3 aliphatic rings. The van der Waals surface area contributed by atoms with Gasteiger partial charge in [-0.05, 0) is 43.9 Å². The second kappa shape index (κ2) is 9.65. The third-order valence-corrected chi connectivity index (χ3v) is 7.39. The normalized spacial score (nSPS) is 24.0. The quantitative estimate of drug-likeness (QED) is 0.698. The van der Waals surface area contributed by atoms with E-state index in [0.29, 0.717) is 30.9 Å². The van der Waals surface area contributed by atoms with E-state index in [2.05, 4.69) is 31.2 Å². The minimum absolute atomic E-state index is 0.0706.